The summed E-state index contributed by atoms with van der Waals surface area (Å²) in [4.78, 5) is 19.6. The molecule has 0 spiro atoms. The van der Waals surface area contributed by atoms with E-state index in [1.165, 1.54) is 12.3 Å². The van der Waals surface area contributed by atoms with Crippen LogP contribution >= 0.6 is 0 Å². The van der Waals surface area contributed by atoms with Gasteiger partial charge in [-0.1, -0.05) is 0 Å². The third-order valence-electron chi connectivity index (χ3n) is 4.83. The van der Waals surface area contributed by atoms with E-state index in [0.29, 0.717) is 23.0 Å². The largest absolute Gasteiger partial charge is 0.396 e. The normalized spacial score (nSPS) is 15.1. The van der Waals surface area contributed by atoms with Crippen LogP contribution in [0, 0.1) is 11.7 Å². The van der Waals surface area contributed by atoms with E-state index in [1.807, 2.05) is 18.2 Å². The predicted octanol–water partition coefficient (Wildman–Crippen LogP) is 2.95. The summed E-state index contributed by atoms with van der Waals surface area (Å²) >= 11 is 0. The molecular weight excluding hydrogens is 345 g/mol. The highest BCUT2D eigenvalue weighted by atomic mass is 19.1. The van der Waals surface area contributed by atoms with Gasteiger partial charge in [-0.3, -0.25) is 9.97 Å². The molecule has 1 saturated heterocycles. The molecule has 3 aromatic rings. The van der Waals surface area contributed by atoms with Gasteiger partial charge in [0.2, 0.25) is 0 Å². The molecule has 138 valence electrons. The highest BCUT2D eigenvalue weighted by Crippen LogP contribution is 2.28. The minimum Gasteiger partial charge on any atom is -0.396 e. The van der Waals surface area contributed by atoms with E-state index in [2.05, 4.69) is 19.9 Å². The number of nitrogens with zero attached hydrogens (tertiary/aromatic N) is 5. The summed E-state index contributed by atoms with van der Waals surface area (Å²) in [5, 5.41) is 9.37. The van der Waals surface area contributed by atoms with Crippen molar-refractivity contribution >= 4 is 5.82 Å². The topological polar surface area (TPSA) is 75.0 Å². The van der Waals surface area contributed by atoms with Crippen LogP contribution in [0.4, 0.5) is 10.2 Å². The van der Waals surface area contributed by atoms with Crippen molar-refractivity contribution in [2.45, 2.75) is 12.8 Å². The van der Waals surface area contributed by atoms with Crippen molar-refractivity contribution in [3.8, 4) is 22.6 Å². The second-order valence-corrected chi connectivity index (χ2v) is 6.68. The maximum atomic E-state index is 13.7. The zero-order valence-corrected chi connectivity index (χ0v) is 14.8. The molecule has 0 amide bonds. The lowest BCUT2D eigenvalue weighted by molar-refractivity contribution is 0.203. The first-order valence-corrected chi connectivity index (χ1v) is 8.99. The Morgan fingerprint density at radius 1 is 1.04 bits per heavy atom. The molecule has 1 fully saturated rings. The van der Waals surface area contributed by atoms with Crippen molar-refractivity contribution < 1.29 is 9.50 Å². The molecule has 6 nitrogen and oxygen atoms in total. The van der Waals surface area contributed by atoms with Crippen LogP contribution in [0.1, 0.15) is 12.8 Å². The standard InChI is InChI=1S/C20H20FN5O/c21-17-8-16(11-23-12-17)18-9-19(26-6-3-14(13-27)4-7-26)25-20(24-18)15-2-1-5-22-10-15/h1-2,5,8-12,14,27H,3-4,6-7,13H2. The zero-order chi connectivity index (χ0) is 18.6. The van der Waals surface area contributed by atoms with Gasteiger partial charge in [-0.15, -0.1) is 0 Å². The molecule has 27 heavy (non-hydrogen) atoms. The summed E-state index contributed by atoms with van der Waals surface area (Å²) in [6, 6.07) is 7.03. The maximum absolute atomic E-state index is 13.7. The van der Waals surface area contributed by atoms with Gasteiger partial charge in [-0.05, 0) is 37.0 Å². The summed E-state index contributed by atoms with van der Waals surface area (Å²) in [5.74, 6) is 1.27. The lowest BCUT2D eigenvalue weighted by Crippen LogP contribution is -2.35. The van der Waals surface area contributed by atoms with Crippen molar-refractivity contribution in [2.24, 2.45) is 5.92 Å². The summed E-state index contributed by atoms with van der Waals surface area (Å²) in [5.41, 5.74) is 2.03. The van der Waals surface area contributed by atoms with Gasteiger partial charge >= 0.3 is 0 Å². The van der Waals surface area contributed by atoms with Crippen LogP contribution in [0.25, 0.3) is 22.6 Å². The van der Waals surface area contributed by atoms with Crippen LogP contribution in [-0.2, 0) is 0 Å². The molecule has 0 saturated carbocycles. The second-order valence-electron chi connectivity index (χ2n) is 6.68. The first-order chi connectivity index (χ1) is 13.2. The zero-order valence-electron chi connectivity index (χ0n) is 14.8. The number of hydrogen-bond donors (Lipinski definition) is 1. The molecule has 0 unspecified atom stereocenters. The number of aromatic nitrogens is 4. The Hall–Kier alpha value is -2.93. The number of rotatable bonds is 4. The summed E-state index contributed by atoms with van der Waals surface area (Å²) in [6.45, 7) is 1.85. The highest BCUT2D eigenvalue weighted by molar-refractivity contribution is 5.67. The van der Waals surface area contributed by atoms with Gasteiger partial charge in [0.1, 0.15) is 11.6 Å². The summed E-state index contributed by atoms with van der Waals surface area (Å²) < 4.78 is 13.7. The van der Waals surface area contributed by atoms with Crippen molar-refractivity contribution in [2.75, 3.05) is 24.6 Å². The molecule has 4 heterocycles. The second kappa shape index (κ2) is 7.75. The fourth-order valence-electron chi connectivity index (χ4n) is 3.27. The van der Waals surface area contributed by atoms with Crippen molar-refractivity contribution in [1.82, 2.24) is 19.9 Å². The first kappa shape index (κ1) is 17.5. The lowest BCUT2D eigenvalue weighted by atomic mass is 9.98. The van der Waals surface area contributed by atoms with E-state index in [-0.39, 0.29) is 6.61 Å². The molecule has 0 aromatic carbocycles. The number of aliphatic hydroxyl groups is 1. The summed E-state index contributed by atoms with van der Waals surface area (Å²) in [6.07, 6.45) is 8.02. The van der Waals surface area contributed by atoms with Crippen LogP contribution in [0.2, 0.25) is 0 Å². The van der Waals surface area contributed by atoms with Crippen molar-refractivity contribution in [3.63, 3.8) is 0 Å². The monoisotopic (exact) mass is 365 g/mol. The van der Waals surface area contributed by atoms with Crippen LogP contribution in [-0.4, -0.2) is 44.7 Å². The molecule has 3 aromatic heterocycles. The van der Waals surface area contributed by atoms with E-state index in [0.717, 1.165) is 37.3 Å². The lowest BCUT2D eigenvalue weighted by Gasteiger charge is -2.32. The van der Waals surface area contributed by atoms with Gasteiger partial charge in [-0.2, -0.15) is 0 Å². The van der Waals surface area contributed by atoms with Gasteiger partial charge < -0.3 is 10.0 Å². The molecule has 0 atom stereocenters. The Balaban J connectivity index is 1.75. The van der Waals surface area contributed by atoms with Gasteiger partial charge in [0.25, 0.3) is 0 Å². The molecule has 0 bridgehead atoms. The van der Waals surface area contributed by atoms with Gasteiger partial charge in [0.05, 0.1) is 11.9 Å². The molecular formula is C20H20FN5O. The molecule has 1 aliphatic heterocycles. The number of piperidine rings is 1. The Morgan fingerprint density at radius 3 is 2.56 bits per heavy atom. The average molecular weight is 365 g/mol. The van der Waals surface area contributed by atoms with E-state index in [9.17, 15) is 9.50 Å². The van der Waals surface area contributed by atoms with Gasteiger partial charge in [-0.25, -0.2) is 14.4 Å². The molecule has 1 N–H and O–H groups in total. The quantitative estimate of drug-likeness (QED) is 0.766. The van der Waals surface area contributed by atoms with Crippen LogP contribution in [0.5, 0.6) is 0 Å². The van der Waals surface area contributed by atoms with Crippen LogP contribution < -0.4 is 4.90 Å². The maximum Gasteiger partial charge on any atom is 0.163 e. The minimum absolute atomic E-state index is 0.221. The first-order valence-electron chi connectivity index (χ1n) is 8.99. The number of aliphatic hydroxyl groups excluding tert-OH is 1. The number of hydrogen-bond acceptors (Lipinski definition) is 6. The molecule has 4 rings (SSSR count). The Morgan fingerprint density at radius 2 is 1.85 bits per heavy atom. The minimum atomic E-state index is -0.403. The van der Waals surface area contributed by atoms with E-state index >= 15 is 0 Å². The van der Waals surface area contributed by atoms with Gasteiger partial charge in [0.15, 0.2) is 5.82 Å². The average Bonchev–Trinajstić information content (AvgIpc) is 2.74. The van der Waals surface area contributed by atoms with Crippen molar-refractivity contribution in [3.05, 3.63) is 54.9 Å². The number of pyridine rings is 2. The van der Waals surface area contributed by atoms with Crippen LogP contribution in [0.3, 0.4) is 0 Å². The Labute approximate surface area is 156 Å². The molecule has 1 aliphatic rings. The smallest absolute Gasteiger partial charge is 0.163 e. The SMILES string of the molecule is OCC1CCN(c2cc(-c3cncc(F)c3)nc(-c3cccnc3)n2)CC1. The fraction of sp³-hybridized carbons (Fsp3) is 0.300. The molecule has 0 aliphatic carbocycles. The number of anilines is 1. The third kappa shape index (κ3) is 3.93. The van der Waals surface area contributed by atoms with E-state index in [1.54, 1.807) is 18.6 Å². The predicted molar refractivity (Wildman–Crippen MR) is 100 cm³/mol. The van der Waals surface area contributed by atoms with Gasteiger partial charge in [0, 0.05) is 55.5 Å². The fourth-order valence-corrected chi connectivity index (χ4v) is 3.27. The highest BCUT2D eigenvalue weighted by Gasteiger charge is 2.21. The molecule has 0 radical (unpaired) electrons. The molecule has 7 heteroatoms. The summed E-state index contributed by atoms with van der Waals surface area (Å²) in [7, 11) is 0. The Kier molecular flexibility index (Phi) is 5.02. The third-order valence-corrected chi connectivity index (χ3v) is 4.83. The number of halogens is 1. The Bertz CT molecular complexity index is 913. The van der Waals surface area contributed by atoms with Crippen molar-refractivity contribution in [1.29, 1.82) is 0 Å². The van der Waals surface area contributed by atoms with E-state index in [4.69, 9.17) is 4.98 Å². The van der Waals surface area contributed by atoms with Crippen LogP contribution in [0.15, 0.2) is 49.1 Å². The van der Waals surface area contributed by atoms with E-state index < -0.39 is 5.82 Å².